The Morgan fingerprint density at radius 2 is 2.03 bits per heavy atom. The highest BCUT2D eigenvalue weighted by atomic mass is 16.5. The number of nitrogens with zero attached hydrogens (tertiary/aromatic N) is 3. The smallest absolute Gasteiger partial charge is 0.276 e. The van der Waals surface area contributed by atoms with Gasteiger partial charge in [-0.05, 0) is 24.1 Å². The summed E-state index contributed by atoms with van der Waals surface area (Å²) in [6, 6.07) is 13.7. The van der Waals surface area contributed by atoms with Gasteiger partial charge in [-0.25, -0.2) is 9.97 Å². The highest BCUT2D eigenvalue weighted by Gasteiger charge is 2.28. The summed E-state index contributed by atoms with van der Waals surface area (Å²) in [5, 5.41) is 0. The van der Waals surface area contributed by atoms with Gasteiger partial charge >= 0.3 is 0 Å². The summed E-state index contributed by atoms with van der Waals surface area (Å²) in [5.41, 5.74) is 7.88. The molecule has 0 bridgehead atoms. The van der Waals surface area contributed by atoms with E-state index in [2.05, 4.69) is 22.1 Å². The number of carbonyl (C=O) groups is 1. The van der Waals surface area contributed by atoms with E-state index in [1.807, 2.05) is 18.2 Å². The van der Waals surface area contributed by atoms with E-state index in [0.717, 1.165) is 30.2 Å². The highest BCUT2D eigenvalue weighted by molar-refractivity contribution is 5.95. The number of ether oxygens (including phenoxy) is 1. The fourth-order valence-electron chi connectivity index (χ4n) is 3.41. The molecule has 3 heterocycles. The molecule has 2 aromatic heterocycles. The minimum absolute atomic E-state index is 0.169. The largest absolute Gasteiger partial charge is 0.490 e. The third-order valence-corrected chi connectivity index (χ3v) is 4.88. The van der Waals surface area contributed by atoms with Crippen molar-refractivity contribution in [2.24, 2.45) is 5.73 Å². The van der Waals surface area contributed by atoms with Gasteiger partial charge in [0.2, 0.25) is 0 Å². The first kappa shape index (κ1) is 19.1. The van der Waals surface area contributed by atoms with Crippen molar-refractivity contribution < 1.29 is 13.9 Å². The minimum atomic E-state index is -0.169. The van der Waals surface area contributed by atoms with Crippen molar-refractivity contribution in [3.05, 3.63) is 77.3 Å². The summed E-state index contributed by atoms with van der Waals surface area (Å²) in [4.78, 5) is 23.6. The van der Waals surface area contributed by atoms with E-state index in [0.29, 0.717) is 44.1 Å². The van der Waals surface area contributed by atoms with E-state index < -0.39 is 0 Å². The quantitative estimate of drug-likeness (QED) is 0.663. The van der Waals surface area contributed by atoms with E-state index in [9.17, 15) is 4.79 Å². The van der Waals surface area contributed by atoms with Crippen molar-refractivity contribution in [1.29, 1.82) is 0 Å². The lowest BCUT2D eigenvalue weighted by Gasteiger charge is -2.25. The monoisotopic (exact) mass is 392 g/mol. The van der Waals surface area contributed by atoms with Gasteiger partial charge in [-0.2, -0.15) is 0 Å². The molecule has 150 valence electrons. The SMILES string of the molecule is NCCOc1cccnc1C(=O)N1CCc2oc(CCc3ccccc3)nc2C1. The summed E-state index contributed by atoms with van der Waals surface area (Å²) in [6.07, 6.45) is 3.85. The van der Waals surface area contributed by atoms with Crippen LogP contribution in [0.5, 0.6) is 5.75 Å². The van der Waals surface area contributed by atoms with Crippen LogP contribution in [-0.2, 0) is 25.8 Å². The van der Waals surface area contributed by atoms with Crippen LogP contribution in [0.2, 0.25) is 0 Å². The number of carbonyl (C=O) groups excluding carboxylic acids is 1. The average Bonchev–Trinajstić information content (AvgIpc) is 3.19. The van der Waals surface area contributed by atoms with Crippen LogP contribution in [0.4, 0.5) is 0 Å². The maximum atomic E-state index is 13.0. The maximum absolute atomic E-state index is 13.0. The van der Waals surface area contributed by atoms with Crippen LogP contribution in [0.1, 0.15) is 33.4 Å². The number of aryl methyl sites for hydroxylation is 2. The molecule has 0 fully saturated rings. The van der Waals surface area contributed by atoms with Gasteiger partial charge in [-0.1, -0.05) is 30.3 Å². The average molecular weight is 392 g/mol. The molecule has 0 saturated heterocycles. The Morgan fingerprint density at radius 3 is 2.86 bits per heavy atom. The van der Waals surface area contributed by atoms with Crippen molar-refractivity contribution in [3.63, 3.8) is 0 Å². The van der Waals surface area contributed by atoms with E-state index >= 15 is 0 Å². The van der Waals surface area contributed by atoms with Crippen LogP contribution in [-0.4, -0.2) is 40.5 Å². The van der Waals surface area contributed by atoms with Crippen LogP contribution in [0, 0.1) is 0 Å². The second-order valence-electron chi connectivity index (χ2n) is 6.93. The van der Waals surface area contributed by atoms with E-state index in [1.165, 1.54) is 5.56 Å². The van der Waals surface area contributed by atoms with Gasteiger partial charge in [-0.15, -0.1) is 0 Å². The number of nitrogens with two attached hydrogens (primary N) is 1. The van der Waals surface area contributed by atoms with Gasteiger partial charge < -0.3 is 19.8 Å². The van der Waals surface area contributed by atoms with Crippen LogP contribution in [0.15, 0.2) is 53.1 Å². The van der Waals surface area contributed by atoms with Crippen LogP contribution in [0.25, 0.3) is 0 Å². The molecule has 0 radical (unpaired) electrons. The number of pyridine rings is 1. The molecule has 1 aliphatic rings. The zero-order chi connectivity index (χ0) is 20.1. The summed E-state index contributed by atoms with van der Waals surface area (Å²) >= 11 is 0. The first-order valence-electron chi connectivity index (χ1n) is 9.83. The topological polar surface area (TPSA) is 94.5 Å². The van der Waals surface area contributed by atoms with Gasteiger partial charge in [0.05, 0.1) is 6.54 Å². The summed E-state index contributed by atoms with van der Waals surface area (Å²) < 4.78 is 11.5. The lowest BCUT2D eigenvalue weighted by atomic mass is 10.1. The number of oxazole rings is 1. The number of rotatable bonds is 7. The highest BCUT2D eigenvalue weighted by Crippen LogP contribution is 2.24. The molecule has 7 heteroatoms. The second-order valence-corrected chi connectivity index (χ2v) is 6.93. The zero-order valence-electron chi connectivity index (χ0n) is 16.2. The molecule has 0 aliphatic carbocycles. The molecule has 7 nitrogen and oxygen atoms in total. The number of amides is 1. The van der Waals surface area contributed by atoms with Crippen molar-refractivity contribution in [3.8, 4) is 5.75 Å². The van der Waals surface area contributed by atoms with Crippen LogP contribution in [0.3, 0.4) is 0 Å². The predicted molar refractivity (Wildman–Crippen MR) is 108 cm³/mol. The Hall–Kier alpha value is -3.19. The van der Waals surface area contributed by atoms with E-state index in [4.69, 9.17) is 14.9 Å². The number of aromatic nitrogens is 2. The van der Waals surface area contributed by atoms with Gasteiger partial charge in [-0.3, -0.25) is 4.79 Å². The van der Waals surface area contributed by atoms with Gasteiger partial charge in [0.25, 0.3) is 5.91 Å². The second kappa shape index (κ2) is 8.87. The summed E-state index contributed by atoms with van der Waals surface area (Å²) in [6.45, 7) is 1.69. The third kappa shape index (κ3) is 4.46. The van der Waals surface area contributed by atoms with Gasteiger partial charge in [0, 0.05) is 32.1 Å². The molecule has 0 unspecified atom stereocenters. The number of benzene rings is 1. The predicted octanol–water partition coefficient (Wildman–Crippen LogP) is 2.39. The van der Waals surface area contributed by atoms with Gasteiger partial charge in [0.1, 0.15) is 18.1 Å². The Labute approximate surface area is 169 Å². The standard InChI is InChI=1S/C22H24N4O3/c23-11-14-28-19-7-4-12-24-21(19)22(27)26-13-10-18-17(15-26)25-20(29-18)9-8-16-5-2-1-3-6-16/h1-7,12H,8-11,13-15,23H2. The van der Waals surface area contributed by atoms with E-state index in [-0.39, 0.29) is 5.91 Å². The van der Waals surface area contributed by atoms with Crippen LogP contribution < -0.4 is 10.5 Å². The Kier molecular flexibility index (Phi) is 5.86. The number of hydrogen-bond donors (Lipinski definition) is 1. The lowest BCUT2D eigenvalue weighted by Crippen LogP contribution is -2.36. The fraction of sp³-hybridized carbons (Fsp3) is 0.318. The Bertz CT molecular complexity index is 971. The normalized spacial score (nSPS) is 13.2. The lowest BCUT2D eigenvalue weighted by molar-refractivity contribution is 0.0717. The molecule has 3 aromatic rings. The maximum Gasteiger partial charge on any atom is 0.276 e. The minimum Gasteiger partial charge on any atom is -0.490 e. The third-order valence-electron chi connectivity index (χ3n) is 4.88. The zero-order valence-corrected chi connectivity index (χ0v) is 16.2. The molecule has 4 rings (SSSR count). The fourth-order valence-corrected chi connectivity index (χ4v) is 3.41. The molecule has 0 spiro atoms. The molecular weight excluding hydrogens is 368 g/mol. The molecule has 1 aliphatic heterocycles. The Morgan fingerprint density at radius 1 is 1.17 bits per heavy atom. The van der Waals surface area contributed by atoms with E-state index in [1.54, 1.807) is 23.2 Å². The summed E-state index contributed by atoms with van der Waals surface area (Å²) in [5.74, 6) is 1.88. The molecule has 0 saturated carbocycles. The van der Waals surface area contributed by atoms with Gasteiger partial charge in [0.15, 0.2) is 17.3 Å². The molecule has 1 amide bonds. The molecule has 1 aromatic carbocycles. The molecule has 2 N–H and O–H groups in total. The molecule has 0 atom stereocenters. The van der Waals surface area contributed by atoms with Crippen molar-refractivity contribution in [1.82, 2.24) is 14.9 Å². The van der Waals surface area contributed by atoms with Crippen molar-refractivity contribution >= 4 is 5.91 Å². The number of hydrogen-bond acceptors (Lipinski definition) is 6. The first-order valence-corrected chi connectivity index (χ1v) is 9.83. The first-order chi connectivity index (χ1) is 14.2. The molecular formula is C22H24N4O3. The molecule has 29 heavy (non-hydrogen) atoms. The van der Waals surface area contributed by atoms with Crippen molar-refractivity contribution in [2.45, 2.75) is 25.8 Å². The Balaban J connectivity index is 1.43. The summed E-state index contributed by atoms with van der Waals surface area (Å²) in [7, 11) is 0. The van der Waals surface area contributed by atoms with Crippen LogP contribution >= 0.6 is 0 Å². The van der Waals surface area contributed by atoms with Crippen molar-refractivity contribution in [2.75, 3.05) is 19.7 Å². The number of fused-ring (bicyclic) bond motifs is 1.